The van der Waals surface area contributed by atoms with E-state index in [0.29, 0.717) is 0 Å². The van der Waals surface area contributed by atoms with E-state index in [1.807, 2.05) is 23.3 Å². The van der Waals surface area contributed by atoms with Crippen molar-refractivity contribution in [3.05, 3.63) is 17.8 Å². The van der Waals surface area contributed by atoms with Crippen molar-refractivity contribution < 1.29 is 0 Å². The third-order valence-corrected chi connectivity index (χ3v) is 4.59. The van der Waals surface area contributed by atoms with Gasteiger partial charge in [0.2, 0.25) is 0 Å². The number of fused-ring (bicyclic) bond motifs is 1. The van der Waals surface area contributed by atoms with Crippen LogP contribution in [0.25, 0.3) is 10.3 Å². The Morgan fingerprint density at radius 1 is 1.38 bits per heavy atom. The van der Waals surface area contributed by atoms with E-state index in [9.17, 15) is 0 Å². The molecule has 0 aliphatic carbocycles. The zero-order chi connectivity index (χ0) is 15.0. The van der Waals surface area contributed by atoms with Gasteiger partial charge in [-0.2, -0.15) is 10.2 Å². The van der Waals surface area contributed by atoms with Gasteiger partial charge >= 0.3 is 0 Å². The zero-order valence-electron chi connectivity index (χ0n) is 12.7. The van der Waals surface area contributed by atoms with E-state index in [2.05, 4.69) is 39.3 Å². The van der Waals surface area contributed by atoms with Gasteiger partial charge in [0.15, 0.2) is 10.8 Å². The first-order valence-electron chi connectivity index (χ1n) is 7.08. The Bertz CT molecular complexity index is 719. The third-order valence-electron chi connectivity index (χ3n) is 3.51. The van der Waals surface area contributed by atoms with Crippen LogP contribution in [0.5, 0.6) is 0 Å². The number of hydrogen-bond acceptors (Lipinski definition) is 6. The van der Waals surface area contributed by atoms with Gasteiger partial charge in [-0.25, -0.2) is 19.3 Å². The molecule has 0 radical (unpaired) electrons. The van der Waals surface area contributed by atoms with Crippen LogP contribution < -0.4 is 5.32 Å². The summed E-state index contributed by atoms with van der Waals surface area (Å²) in [4.78, 5) is 9.02. The lowest BCUT2D eigenvalue weighted by atomic mass is 10.2. The van der Waals surface area contributed by atoms with E-state index in [4.69, 9.17) is 0 Å². The molecular weight excluding hydrogens is 286 g/mol. The molecule has 0 aromatic carbocycles. The Morgan fingerprint density at radius 2 is 2.19 bits per heavy atom. The van der Waals surface area contributed by atoms with Crippen LogP contribution >= 0.6 is 11.3 Å². The first kappa shape index (κ1) is 14.0. The second-order valence-electron chi connectivity index (χ2n) is 4.92. The fraction of sp³-hybridized carbons (Fsp3) is 0.538. The Balaban J connectivity index is 1.90. The number of aryl methyl sites for hydroxylation is 3. The standard InChI is InChI=1S/C13H19N7S/c1-5-9(11-14-7-15-20(11)6-2)16-13-17-12-10(21-13)8(3)18-19(12)4/h7,9H,5-6H2,1-4H3,(H,16,17)/t9-/m0/s1. The monoisotopic (exact) mass is 305 g/mol. The number of thiazole rings is 1. The zero-order valence-corrected chi connectivity index (χ0v) is 13.5. The van der Waals surface area contributed by atoms with Gasteiger partial charge in [0, 0.05) is 13.6 Å². The SMILES string of the molecule is CC[C@H](Nc1nc2c(s1)c(C)nn2C)c1ncnn1CC. The highest BCUT2D eigenvalue weighted by atomic mass is 32.1. The number of hydrogen-bond donors (Lipinski definition) is 1. The molecule has 0 aliphatic heterocycles. The summed E-state index contributed by atoms with van der Waals surface area (Å²) in [5, 5.41) is 13.0. The van der Waals surface area contributed by atoms with Crippen LogP contribution in [0.4, 0.5) is 5.13 Å². The Kier molecular flexibility index (Phi) is 3.62. The third kappa shape index (κ3) is 2.39. The smallest absolute Gasteiger partial charge is 0.186 e. The second-order valence-corrected chi connectivity index (χ2v) is 5.92. The second kappa shape index (κ2) is 5.44. The van der Waals surface area contributed by atoms with Gasteiger partial charge in [0.1, 0.15) is 12.2 Å². The summed E-state index contributed by atoms with van der Waals surface area (Å²) in [5.74, 6) is 0.953. The Labute approximate surface area is 127 Å². The van der Waals surface area contributed by atoms with Gasteiger partial charge < -0.3 is 5.32 Å². The molecule has 0 spiro atoms. The van der Waals surface area contributed by atoms with Crippen LogP contribution in [0, 0.1) is 6.92 Å². The van der Waals surface area contributed by atoms with Gasteiger partial charge in [-0.15, -0.1) is 0 Å². The van der Waals surface area contributed by atoms with Crippen molar-refractivity contribution >= 4 is 26.8 Å². The van der Waals surface area contributed by atoms with E-state index < -0.39 is 0 Å². The Hall–Kier alpha value is -1.96. The van der Waals surface area contributed by atoms with Crippen LogP contribution in [-0.2, 0) is 13.6 Å². The summed E-state index contributed by atoms with van der Waals surface area (Å²) in [6, 6.07) is 0.112. The van der Waals surface area contributed by atoms with Crippen LogP contribution in [0.1, 0.15) is 37.8 Å². The summed E-state index contributed by atoms with van der Waals surface area (Å²) < 4.78 is 4.87. The quantitative estimate of drug-likeness (QED) is 0.784. The van der Waals surface area contributed by atoms with Gasteiger partial charge in [-0.1, -0.05) is 18.3 Å². The number of rotatable bonds is 5. The summed E-state index contributed by atoms with van der Waals surface area (Å²) >= 11 is 1.64. The summed E-state index contributed by atoms with van der Waals surface area (Å²) in [7, 11) is 1.92. The van der Waals surface area contributed by atoms with Crippen molar-refractivity contribution in [3.63, 3.8) is 0 Å². The average molecular weight is 305 g/mol. The van der Waals surface area contributed by atoms with E-state index >= 15 is 0 Å². The topological polar surface area (TPSA) is 73.5 Å². The summed E-state index contributed by atoms with van der Waals surface area (Å²) in [6.45, 7) is 7.02. The lowest BCUT2D eigenvalue weighted by Crippen LogP contribution is -2.16. The average Bonchev–Trinajstić information content (AvgIpc) is 3.15. The molecule has 8 heteroatoms. The molecule has 1 N–H and O–H groups in total. The lowest BCUT2D eigenvalue weighted by Gasteiger charge is -2.15. The molecule has 3 aromatic heterocycles. The minimum Gasteiger partial charge on any atom is -0.351 e. The highest BCUT2D eigenvalue weighted by Gasteiger charge is 2.19. The lowest BCUT2D eigenvalue weighted by molar-refractivity contribution is 0.568. The molecule has 0 bridgehead atoms. The van der Waals surface area contributed by atoms with Crippen molar-refractivity contribution in [3.8, 4) is 0 Å². The molecule has 0 aliphatic rings. The van der Waals surface area contributed by atoms with Crippen LogP contribution in [0.3, 0.4) is 0 Å². The molecule has 3 rings (SSSR count). The first-order valence-corrected chi connectivity index (χ1v) is 7.90. The van der Waals surface area contributed by atoms with Crippen molar-refractivity contribution in [2.75, 3.05) is 5.32 Å². The van der Waals surface area contributed by atoms with Crippen LogP contribution in [-0.4, -0.2) is 29.5 Å². The normalized spacial score (nSPS) is 13.0. The molecule has 0 amide bonds. The van der Waals surface area contributed by atoms with E-state index in [1.165, 1.54) is 0 Å². The molecule has 112 valence electrons. The molecule has 21 heavy (non-hydrogen) atoms. The first-order chi connectivity index (χ1) is 10.1. The predicted octanol–water partition coefficient (Wildman–Crippen LogP) is 2.51. The fourth-order valence-electron chi connectivity index (χ4n) is 2.43. The molecule has 0 fully saturated rings. The van der Waals surface area contributed by atoms with Gasteiger partial charge in [-0.3, -0.25) is 0 Å². The molecule has 0 saturated heterocycles. The summed E-state index contributed by atoms with van der Waals surface area (Å²) in [6.07, 6.45) is 2.53. The molecule has 7 nitrogen and oxygen atoms in total. The van der Waals surface area contributed by atoms with Crippen molar-refractivity contribution in [1.29, 1.82) is 0 Å². The number of anilines is 1. The van der Waals surface area contributed by atoms with Crippen molar-refractivity contribution in [2.24, 2.45) is 7.05 Å². The van der Waals surface area contributed by atoms with E-state index in [0.717, 1.165) is 40.0 Å². The van der Waals surface area contributed by atoms with Gasteiger partial charge in [0.05, 0.1) is 16.4 Å². The minimum atomic E-state index is 0.112. The Morgan fingerprint density at radius 3 is 2.86 bits per heavy atom. The highest BCUT2D eigenvalue weighted by molar-refractivity contribution is 7.22. The molecule has 0 unspecified atom stereocenters. The molecule has 3 heterocycles. The van der Waals surface area contributed by atoms with Crippen molar-refractivity contribution in [1.82, 2.24) is 29.5 Å². The van der Waals surface area contributed by atoms with E-state index in [1.54, 1.807) is 17.7 Å². The fourth-order valence-corrected chi connectivity index (χ4v) is 3.42. The number of nitrogens with one attached hydrogen (secondary N) is 1. The van der Waals surface area contributed by atoms with Gasteiger partial charge in [0.25, 0.3) is 0 Å². The maximum Gasteiger partial charge on any atom is 0.186 e. The van der Waals surface area contributed by atoms with Crippen LogP contribution in [0.2, 0.25) is 0 Å². The van der Waals surface area contributed by atoms with E-state index in [-0.39, 0.29) is 6.04 Å². The van der Waals surface area contributed by atoms with Crippen molar-refractivity contribution in [2.45, 2.75) is 39.8 Å². The molecular formula is C13H19N7S. The highest BCUT2D eigenvalue weighted by Crippen LogP contribution is 2.31. The number of nitrogens with zero attached hydrogens (tertiary/aromatic N) is 6. The maximum absolute atomic E-state index is 4.64. The largest absolute Gasteiger partial charge is 0.351 e. The summed E-state index contributed by atoms with van der Waals surface area (Å²) in [5.41, 5.74) is 1.94. The predicted molar refractivity (Wildman–Crippen MR) is 83.5 cm³/mol. The minimum absolute atomic E-state index is 0.112. The van der Waals surface area contributed by atoms with Gasteiger partial charge in [-0.05, 0) is 20.3 Å². The molecule has 1 atom stereocenters. The molecule has 3 aromatic rings. The molecule has 0 saturated carbocycles. The number of aromatic nitrogens is 6. The van der Waals surface area contributed by atoms with Crippen LogP contribution in [0.15, 0.2) is 6.33 Å². The maximum atomic E-state index is 4.64.